The van der Waals surface area contributed by atoms with Crippen molar-refractivity contribution in [3.63, 3.8) is 0 Å². The van der Waals surface area contributed by atoms with E-state index in [-0.39, 0.29) is 0 Å². The van der Waals surface area contributed by atoms with Crippen molar-refractivity contribution in [3.8, 4) is 0 Å². The second-order valence-electron chi connectivity index (χ2n) is 9.36. The fourth-order valence-electron chi connectivity index (χ4n) is 5.81. The van der Waals surface area contributed by atoms with Gasteiger partial charge in [-0.25, -0.2) is 0 Å². The monoisotopic (exact) mass is 354 g/mol. The Morgan fingerprint density at radius 1 is 0.654 bits per heavy atom. The highest BCUT2D eigenvalue weighted by Crippen LogP contribution is 2.44. The highest BCUT2D eigenvalue weighted by atomic mass is 14.4. The molecule has 0 radical (unpaired) electrons. The molecule has 0 atom stereocenters. The minimum atomic E-state index is 0.844. The van der Waals surface area contributed by atoms with Crippen LogP contribution in [0.2, 0.25) is 0 Å². The smallest absolute Gasteiger partial charge is 0.0162 e. The Bertz CT molecular complexity index is 460. The van der Waals surface area contributed by atoms with Gasteiger partial charge in [0.1, 0.15) is 0 Å². The van der Waals surface area contributed by atoms with Crippen molar-refractivity contribution in [2.75, 3.05) is 0 Å². The molecule has 0 N–H and O–H groups in total. The summed E-state index contributed by atoms with van der Waals surface area (Å²) in [6.45, 7) is 2.31. The lowest BCUT2D eigenvalue weighted by molar-refractivity contribution is 0.155. The van der Waals surface area contributed by atoms with E-state index in [0.29, 0.717) is 0 Å². The molecule has 0 aliphatic heterocycles. The zero-order valence-electron chi connectivity index (χ0n) is 17.3. The summed E-state index contributed by atoms with van der Waals surface area (Å²) >= 11 is 0. The van der Waals surface area contributed by atoms with Crippen molar-refractivity contribution < 1.29 is 0 Å². The first kappa shape index (κ1) is 20.0. The first-order chi connectivity index (χ1) is 12.9. The fourth-order valence-corrected chi connectivity index (χ4v) is 5.81. The van der Waals surface area contributed by atoms with Crippen molar-refractivity contribution in [2.45, 2.75) is 109 Å². The van der Waals surface area contributed by atoms with Gasteiger partial charge in [0.25, 0.3) is 0 Å². The summed E-state index contributed by atoms with van der Waals surface area (Å²) in [5.41, 5.74) is 1.59. The Hall–Kier alpha value is -0.780. The van der Waals surface area contributed by atoms with Crippen molar-refractivity contribution in [2.24, 2.45) is 17.8 Å². The van der Waals surface area contributed by atoms with Gasteiger partial charge in [0.05, 0.1) is 0 Å². The summed E-state index contributed by atoms with van der Waals surface area (Å²) < 4.78 is 0. The molecule has 1 aromatic rings. The van der Waals surface area contributed by atoms with E-state index < -0.39 is 0 Å². The van der Waals surface area contributed by atoms with Gasteiger partial charge >= 0.3 is 0 Å². The van der Waals surface area contributed by atoms with Crippen LogP contribution in [0.15, 0.2) is 30.3 Å². The third-order valence-corrected chi connectivity index (χ3v) is 7.57. The molecule has 2 aliphatic rings. The normalized spacial score (nSPS) is 29.6. The quantitative estimate of drug-likeness (QED) is 0.390. The SMILES string of the molecule is CCCCCCCC[C@H]1CC[C@H](C2CCC(c3ccccc3)CC2)CC1. The largest absolute Gasteiger partial charge is 0.0654 e. The zero-order valence-corrected chi connectivity index (χ0v) is 17.3. The predicted molar refractivity (Wildman–Crippen MR) is 115 cm³/mol. The Labute approximate surface area is 163 Å². The molecular weight excluding hydrogens is 312 g/mol. The van der Waals surface area contributed by atoms with Gasteiger partial charge in [0.15, 0.2) is 0 Å². The highest BCUT2D eigenvalue weighted by molar-refractivity contribution is 5.19. The van der Waals surface area contributed by atoms with Gasteiger partial charge in [-0.2, -0.15) is 0 Å². The molecule has 146 valence electrons. The molecule has 2 fully saturated rings. The molecule has 0 aromatic heterocycles. The van der Waals surface area contributed by atoms with Crippen molar-refractivity contribution in [1.82, 2.24) is 0 Å². The van der Waals surface area contributed by atoms with Crippen LogP contribution in [0.3, 0.4) is 0 Å². The molecule has 0 unspecified atom stereocenters. The summed E-state index contributed by atoms with van der Waals surface area (Å²) in [4.78, 5) is 0. The number of benzene rings is 1. The van der Waals surface area contributed by atoms with E-state index in [1.54, 1.807) is 18.4 Å². The summed E-state index contributed by atoms with van der Waals surface area (Å²) in [6.07, 6.45) is 22.3. The van der Waals surface area contributed by atoms with Crippen LogP contribution in [0.4, 0.5) is 0 Å². The fraction of sp³-hybridized carbons (Fsp3) is 0.769. The van der Waals surface area contributed by atoms with E-state index in [9.17, 15) is 0 Å². The van der Waals surface area contributed by atoms with Crippen LogP contribution in [0.1, 0.15) is 115 Å². The predicted octanol–water partition coefficient (Wildman–Crippen LogP) is 8.52. The van der Waals surface area contributed by atoms with E-state index in [0.717, 1.165) is 23.7 Å². The number of hydrogen-bond donors (Lipinski definition) is 0. The van der Waals surface area contributed by atoms with Crippen LogP contribution in [-0.4, -0.2) is 0 Å². The molecule has 3 rings (SSSR count). The van der Waals surface area contributed by atoms with Crippen LogP contribution >= 0.6 is 0 Å². The van der Waals surface area contributed by atoms with E-state index in [2.05, 4.69) is 37.3 Å². The second kappa shape index (κ2) is 11.2. The molecule has 0 saturated heterocycles. The molecule has 0 heterocycles. The molecule has 0 amide bonds. The van der Waals surface area contributed by atoms with Gasteiger partial charge in [-0.1, -0.05) is 95.0 Å². The van der Waals surface area contributed by atoms with Crippen LogP contribution in [0.5, 0.6) is 0 Å². The Morgan fingerprint density at radius 3 is 1.88 bits per heavy atom. The Morgan fingerprint density at radius 2 is 1.23 bits per heavy atom. The molecule has 2 saturated carbocycles. The first-order valence-electron chi connectivity index (χ1n) is 11.9. The maximum Gasteiger partial charge on any atom is -0.0162 e. The van der Waals surface area contributed by atoms with Gasteiger partial charge < -0.3 is 0 Å². The van der Waals surface area contributed by atoms with Crippen LogP contribution in [0.25, 0.3) is 0 Å². The average molecular weight is 355 g/mol. The standard InChI is InChI=1S/C26H42/c1-2-3-4-5-6-8-11-22-14-16-24(17-15-22)26-20-18-25(19-21-26)23-12-9-7-10-13-23/h7,9-10,12-13,22,24-26H,2-6,8,11,14-21H2,1H3/t22-,24-,25?,26?. The lowest BCUT2D eigenvalue weighted by atomic mass is 9.68. The van der Waals surface area contributed by atoms with Crippen molar-refractivity contribution in [3.05, 3.63) is 35.9 Å². The summed E-state index contributed by atoms with van der Waals surface area (Å²) in [5.74, 6) is 4.02. The molecule has 1 aromatic carbocycles. The first-order valence-corrected chi connectivity index (χ1v) is 11.9. The van der Waals surface area contributed by atoms with Crippen LogP contribution < -0.4 is 0 Å². The van der Waals surface area contributed by atoms with Gasteiger partial charge in [-0.05, 0) is 67.8 Å². The average Bonchev–Trinajstić information content (AvgIpc) is 2.72. The van der Waals surface area contributed by atoms with E-state index in [4.69, 9.17) is 0 Å². The van der Waals surface area contributed by atoms with Gasteiger partial charge in [0, 0.05) is 0 Å². The summed E-state index contributed by atoms with van der Waals surface area (Å²) in [6, 6.07) is 11.3. The molecule has 26 heavy (non-hydrogen) atoms. The van der Waals surface area contributed by atoms with Crippen LogP contribution in [-0.2, 0) is 0 Å². The van der Waals surface area contributed by atoms with Crippen molar-refractivity contribution in [1.29, 1.82) is 0 Å². The number of rotatable bonds is 9. The molecule has 0 bridgehead atoms. The second-order valence-corrected chi connectivity index (χ2v) is 9.36. The molecular formula is C26H42. The van der Waals surface area contributed by atoms with E-state index in [1.807, 2.05) is 0 Å². The van der Waals surface area contributed by atoms with Crippen molar-refractivity contribution >= 4 is 0 Å². The number of unbranched alkanes of at least 4 members (excludes halogenated alkanes) is 5. The molecule has 2 aliphatic carbocycles. The maximum atomic E-state index is 2.35. The third kappa shape index (κ3) is 6.14. The summed E-state index contributed by atoms with van der Waals surface area (Å²) in [7, 11) is 0. The van der Waals surface area contributed by atoms with E-state index in [1.165, 1.54) is 83.5 Å². The summed E-state index contributed by atoms with van der Waals surface area (Å²) in [5, 5.41) is 0. The minimum absolute atomic E-state index is 0.844. The lowest BCUT2D eigenvalue weighted by Crippen LogP contribution is -2.25. The third-order valence-electron chi connectivity index (χ3n) is 7.57. The molecule has 0 heteroatoms. The Kier molecular flexibility index (Phi) is 8.56. The van der Waals surface area contributed by atoms with Gasteiger partial charge in [0.2, 0.25) is 0 Å². The van der Waals surface area contributed by atoms with Gasteiger partial charge in [-0.3, -0.25) is 0 Å². The van der Waals surface area contributed by atoms with Gasteiger partial charge in [-0.15, -0.1) is 0 Å². The van der Waals surface area contributed by atoms with Crippen LogP contribution in [0, 0.1) is 17.8 Å². The zero-order chi connectivity index (χ0) is 18.0. The van der Waals surface area contributed by atoms with E-state index >= 15 is 0 Å². The highest BCUT2D eigenvalue weighted by Gasteiger charge is 2.31. The lowest BCUT2D eigenvalue weighted by Gasteiger charge is -2.38. The molecule has 0 nitrogen and oxygen atoms in total. The molecule has 0 spiro atoms. The number of hydrogen-bond acceptors (Lipinski definition) is 0. The minimum Gasteiger partial charge on any atom is -0.0654 e. The maximum absolute atomic E-state index is 2.35. The topological polar surface area (TPSA) is 0 Å². The Balaban J connectivity index is 1.29.